The Balaban J connectivity index is 1.52. The highest BCUT2D eigenvalue weighted by Gasteiger charge is 2.23. The Morgan fingerprint density at radius 2 is 2.04 bits per heavy atom. The van der Waals surface area contributed by atoms with Gasteiger partial charge in [0.05, 0.1) is 11.8 Å². The van der Waals surface area contributed by atoms with Crippen LogP contribution in [0.4, 0.5) is 0 Å². The molecule has 1 N–H and O–H groups in total. The maximum atomic E-state index is 12.7. The maximum Gasteiger partial charge on any atom is 0.254 e. The predicted octanol–water partition coefficient (Wildman–Crippen LogP) is 3.87. The first-order valence-electron chi connectivity index (χ1n) is 10.1. The van der Waals surface area contributed by atoms with E-state index in [1.54, 1.807) is 6.20 Å². The number of amides is 1. The summed E-state index contributed by atoms with van der Waals surface area (Å²) in [5.74, 6) is 0.0131. The van der Waals surface area contributed by atoms with Gasteiger partial charge in [0.2, 0.25) is 0 Å². The van der Waals surface area contributed by atoms with Gasteiger partial charge in [0.25, 0.3) is 5.91 Å². The number of benzene rings is 1. The van der Waals surface area contributed by atoms with Gasteiger partial charge in [-0.2, -0.15) is 5.10 Å². The summed E-state index contributed by atoms with van der Waals surface area (Å²) in [5.41, 5.74) is 4.34. The Bertz CT molecular complexity index is 774. The number of carbonyl (C=O) groups excluding carboxylic acids is 1. The van der Waals surface area contributed by atoms with Crippen LogP contribution in [-0.4, -0.2) is 39.7 Å². The molecule has 1 aliphatic heterocycles. The Labute approximate surface area is 162 Å². The lowest BCUT2D eigenvalue weighted by molar-refractivity contribution is 0.0908. The van der Waals surface area contributed by atoms with Crippen molar-refractivity contribution in [2.75, 3.05) is 13.1 Å². The number of rotatable bonds is 6. The highest BCUT2D eigenvalue weighted by atomic mass is 16.1. The number of aromatic nitrogens is 2. The van der Waals surface area contributed by atoms with Gasteiger partial charge in [0.15, 0.2) is 0 Å². The quantitative estimate of drug-likeness (QED) is 0.842. The third kappa shape index (κ3) is 4.78. The van der Waals surface area contributed by atoms with Gasteiger partial charge in [-0.3, -0.25) is 14.4 Å². The monoisotopic (exact) mass is 368 g/mol. The van der Waals surface area contributed by atoms with Gasteiger partial charge in [-0.1, -0.05) is 36.8 Å². The van der Waals surface area contributed by atoms with Crippen molar-refractivity contribution in [1.82, 2.24) is 20.0 Å². The van der Waals surface area contributed by atoms with E-state index in [1.165, 1.54) is 11.1 Å². The topological polar surface area (TPSA) is 50.2 Å². The SMILES string of the molecule is CC[C@H](C)n1ncc(C(=O)NC2CCN(Cc3cccc(C)c3)CC2)c1C. The fraction of sp³-hybridized carbons (Fsp3) is 0.545. The molecule has 1 aromatic heterocycles. The fourth-order valence-electron chi connectivity index (χ4n) is 3.83. The lowest BCUT2D eigenvalue weighted by Crippen LogP contribution is -2.44. The van der Waals surface area contributed by atoms with Crippen molar-refractivity contribution in [3.63, 3.8) is 0 Å². The molecule has 1 fully saturated rings. The van der Waals surface area contributed by atoms with Crippen LogP contribution in [0.2, 0.25) is 0 Å². The lowest BCUT2D eigenvalue weighted by Gasteiger charge is -2.32. The molecule has 0 spiro atoms. The van der Waals surface area contributed by atoms with E-state index in [0.29, 0.717) is 11.6 Å². The summed E-state index contributed by atoms with van der Waals surface area (Å²) in [6.45, 7) is 11.4. The molecule has 2 aromatic rings. The van der Waals surface area contributed by atoms with Crippen LogP contribution < -0.4 is 5.32 Å². The number of piperidine rings is 1. The standard InChI is InChI=1S/C22H32N4O/c1-5-17(3)26-18(4)21(14-23-26)22(27)24-20-9-11-25(12-10-20)15-19-8-6-7-16(2)13-19/h6-8,13-14,17,20H,5,9-12,15H2,1-4H3,(H,24,27)/t17-/m0/s1. The first kappa shape index (κ1) is 19.6. The third-order valence-corrected chi connectivity index (χ3v) is 5.71. The molecule has 1 amide bonds. The average molecular weight is 369 g/mol. The second kappa shape index (κ2) is 8.70. The van der Waals surface area contributed by atoms with E-state index in [2.05, 4.69) is 60.4 Å². The number of hydrogen-bond acceptors (Lipinski definition) is 3. The minimum Gasteiger partial charge on any atom is -0.349 e. The smallest absolute Gasteiger partial charge is 0.254 e. The summed E-state index contributed by atoms with van der Waals surface area (Å²) in [6, 6.07) is 9.27. The zero-order valence-electron chi connectivity index (χ0n) is 17.0. The summed E-state index contributed by atoms with van der Waals surface area (Å²) in [7, 11) is 0. The molecule has 0 radical (unpaired) electrons. The minimum absolute atomic E-state index is 0.0131. The number of aryl methyl sites for hydroxylation is 1. The maximum absolute atomic E-state index is 12.7. The van der Waals surface area contributed by atoms with E-state index in [9.17, 15) is 4.79 Å². The largest absolute Gasteiger partial charge is 0.349 e. The molecule has 3 rings (SSSR count). The molecule has 5 nitrogen and oxygen atoms in total. The van der Waals surface area contributed by atoms with Crippen molar-refractivity contribution < 1.29 is 4.79 Å². The van der Waals surface area contributed by atoms with Crippen molar-refractivity contribution in [2.45, 2.75) is 65.6 Å². The molecule has 1 aromatic carbocycles. The van der Waals surface area contributed by atoms with Crippen LogP contribution in [0, 0.1) is 13.8 Å². The van der Waals surface area contributed by atoms with Gasteiger partial charge < -0.3 is 5.32 Å². The van der Waals surface area contributed by atoms with Crippen molar-refractivity contribution >= 4 is 5.91 Å². The van der Waals surface area contributed by atoms with Crippen LogP contribution >= 0.6 is 0 Å². The third-order valence-electron chi connectivity index (χ3n) is 5.71. The number of nitrogens with one attached hydrogen (secondary N) is 1. The van der Waals surface area contributed by atoms with Crippen LogP contribution in [0.3, 0.4) is 0 Å². The van der Waals surface area contributed by atoms with Gasteiger partial charge in [-0.05, 0) is 45.6 Å². The average Bonchev–Trinajstić information content (AvgIpc) is 3.04. The van der Waals surface area contributed by atoms with Crippen LogP contribution in [0.15, 0.2) is 30.5 Å². The number of likely N-dealkylation sites (tertiary alicyclic amines) is 1. The van der Waals surface area contributed by atoms with Gasteiger partial charge in [-0.15, -0.1) is 0 Å². The summed E-state index contributed by atoms with van der Waals surface area (Å²) >= 11 is 0. The molecule has 2 heterocycles. The van der Waals surface area contributed by atoms with E-state index in [-0.39, 0.29) is 11.9 Å². The van der Waals surface area contributed by atoms with E-state index in [0.717, 1.165) is 44.6 Å². The molecular formula is C22H32N4O. The molecule has 146 valence electrons. The first-order chi connectivity index (χ1) is 13.0. The fourth-order valence-corrected chi connectivity index (χ4v) is 3.83. The second-order valence-electron chi connectivity index (χ2n) is 7.86. The van der Waals surface area contributed by atoms with E-state index in [4.69, 9.17) is 0 Å². The first-order valence-corrected chi connectivity index (χ1v) is 10.1. The lowest BCUT2D eigenvalue weighted by atomic mass is 10.0. The van der Waals surface area contributed by atoms with Crippen LogP contribution in [0.25, 0.3) is 0 Å². The van der Waals surface area contributed by atoms with Gasteiger partial charge in [0.1, 0.15) is 0 Å². The minimum atomic E-state index is 0.0131. The van der Waals surface area contributed by atoms with E-state index < -0.39 is 0 Å². The summed E-state index contributed by atoms with van der Waals surface area (Å²) in [6.07, 6.45) is 4.71. The Morgan fingerprint density at radius 1 is 1.30 bits per heavy atom. The number of carbonyl (C=O) groups is 1. The van der Waals surface area contributed by atoms with Crippen LogP contribution in [0.1, 0.15) is 66.3 Å². The van der Waals surface area contributed by atoms with Gasteiger partial charge in [-0.25, -0.2) is 0 Å². The molecule has 0 aliphatic carbocycles. The second-order valence-corrected chi connectivity index (χ2v) is 7.86. The molecule has 27 heavy (non-hydrogen) atoms. The van der Waals surface area contributed by atoms with Gasteiger partial charge >= 0.3 is 0 Å². The van der Waals surface area contributed by atoms with E-state index in [1.807, 2.05) is 11.6 Å². The number of hydrogen-bond donors (Lipinski definition) is 1. The van der Waals surface area contributed by atoms with Crippen LogP contribution in [0.5, 0.6) is 0 Å². The molecular weight excluding hydrogens is 336 g/mol. The molecule has 0 bridgehead atoms. The highest BCUT2D eigenvalue weighted by Crippen LogP contribution is 2.18. The Hall–Kier alpha value is -2.14. The normalized spacial score (nSPS) is 17.0. The Morgan fingerprint density at radius 3 is 2.70 bits per heavy atom. The predicted molar refractivity (Wildman–Crippen MR) is 109 cm³/mol. The molecule has 5 heteroatoms. The Kier molecular flexibility index (Phi) is 6.32. The molecule has 1 atom stereocenters. The van der Waals surface area contributed by atoms with Gasteiger partial charge in [0, 0.05) is 37.4 Å². The summed E-state index contributed by atoms with van der Waals surface area (Å²) in [5, 5.41) is 7.64. The summed E-state index contributed by atoms with van der Waals surface area (Å²) < 4.78 is 1.96. The summed E-state index contributed by atoms with van der Waals surface area (Å²) in [4.78, 5) is 15.2. The van der Waals surface area contributed by atoms with Crippen molar-refractivity contribution in [3.05, 3.63) is 52.8 Å². The molecule has 0 unspecified atom stereocenters. The molecule has 1 saturated heterocycles. The highest BCUT2D eigenvalue weighted by molar-refractivity contribution is 5.95. The zero-order chi connectivity index (χ0) is 19.4. The number of nitrogens with zero attached hydrogens (tertiary/aromatic N) is 3. The molecule has 1 aliphatic rings. The van der Waals surface area contributed by atoms with E-state index >= 15 is 0 Å². The molecule has 0 saturated carbocycles. The van der Waals surface area contributed by atoms with Crippen LogP contribution in [-0.2, 0) is 6.54 Å². The van der Waals surface area contributed by atoms with Crippen molar-refractivity contribution in [2.24, 2.45) is 0 Å². The zero-order valence-corrected chi connectivity index (χ0v) is 17.0. The van der Waals surface area contributed by atoms with Crippen molar-refractivity contribution in [1.29, 1.82) is 0 Å². The van der Waals surface area contributed by atoms with Crippen molar-refractivity contribution in [3.8, 4) is 0 Å².